The standard InChI is InChI=1S/C16H17N/c1-2-11-16(17-12-5-1)15-10-6-8-13-7-3-4-9-14(13)15/h3-4,6-10,12,16H,1-2,5,11H2. The van der Waals surface area contributed by atoms with Gasteiger partial charge < -0.3 is 0 Å². The molecule has 1 heterocycles. The molecule has 0 saturated carbocycles. The molecule has 1 aliphatic rings. The third kappa shape index (κ3) is 2.10. The fourth-order valence-electron chi connectivity index (χ4n) is 2.63. The average Bonchev–Trinajstić information content (AvgIpc) is 2.67. The first-order chi connectivity index (χ1) is 8.45. The highest BCUT2D eigenvalue weighted by Crippen LogP contribution is 2.31. The lowest BCUT2D eigenvalue weighted by Crippen LogP contribution is -1.95. The number of fused-ring (bicyclic) bond motifs is 1. The van der Waals surface area contributed by atoms with Crippen molar-refractivity contribution >= 4 is 17.0 Å². The predicted molar refractivity (Wildman–Crippen MR) is 73.6 cm³/mol. The molecule has 1 unspecified atom stereocenters. The van der Waals surface area contributed by atoms with Crippen LogP contribution in [0.25, 0.3) is 10.8 Å². The molecule has 1 aliphatic heterocycles. The summed E-state index contributed by atoms with van der Waals surface area (Å²) in [5, 5.41) is 2.68. The van der Waals surface area contributed by atoms with Crippen LogP contribution in [-0.4, -0.2) is 6.21 Å². The van der Waals surface area contributed by atoms with Gasteiger partial charge in [-0.15, -0.1) is 0 Å². The molecule has 0 amide bonds. The van der Waals surface area contributed by atoms with Crippen LogP contribution in [0.3, 0.4) is 0 Å². The Labute approximate surface area is 102 Å². The van der Waals surface area contributed by atoms with Crippen LogP contribution in [-0.2, 0) is 0 Å². The largest absolute Gasteiger partial charge is 0.289 e. The molecule has 0 aliphatic carbocycles. The Morgan fingerprint density at radius 3 is 2.82 bits per heavy atom. The Hall–Kier alpha value is -1.63. The lowest BCUT2D eigenvalue weighted by molar-refractivity contribution is 0.621. The summed E-state index contributed by atoms with van der Waals surface area (Å²) in [4.78, 5) is 4.72. The number of hydrogen-bond acceptors (Lipinski definition) is 1. The van der Waals surface area contributed by atoms with Crippen LogP contribution < -0.4 is 0 Å². The van der Waals surface area contributed by atoms with Gasteiger partial charge in [-0.25, -0.2) is 0 Å². The summed E-state index contributed by atoms with van der Waals surface area (Å²) in [6.07, 6.45) is 7.00. The van der Waals surface area contributed by atoms with Gasteiger partial charge in [-0.3, -0.25) is 4.99 Å². The Kier molecular flexibility index (Phi) is 2.91. The molecule has 0 saturated heterocycles. The minimum Gasteiger partial charge on any atom is -0.289 e. The van der Waals surface area contributed by atoms with Crippen LogP contribution in [0.1, 0.15) is 37.3 Å². The molecule has 3 rings (SSSR count). The van der Waals surface area contributed by atoms with Crippen molar-refractivity contribution in [1.82, 2.24) is 0 Å². The summed E-state index contributed by atoms with van der Waals surface area (Å²) < 4.78 is 0. The maximum atomic E-state index is 4.72. The normalized spacial score (nSPS) is 20.4. The summed E-state index contributed by atoms with van der Waals surface area (Å²) in [7, 11) is 0. The fraction of sp³-hybridized carbons (Fsp3) is 0.312. The number of benzene rings is 2. The van der Waals surface area contributed by atoms with Gasteiger partial charge in [0.15, 0.2) is 0 Å². The van der Waals surface area contributed by atoms with Crippen molar-refractivity contribution < 1.29 is 0 Å². The maximum Gasteiger partial charge on any atom is 0.0751 e. The second kappa shape index (κ2) is 4.70. The van der Waals surface area contributed by atoms with Crippen molar-refractivity contribution in [3.63, 3.8) is 0 Å². The molecule has 0 bridgehead atoms. The molecule has 2 aromatic carbocycles. The molecular formula is C16H17N. The van der Waals surface area contributed by atoms with Crippen molar-refractivity contribution in [1.29, 1.82) is 0 Å². The van der Waals surface area contributed by atoms with Crippen LogP contribution in [0.4, 0.5) is 0 Å². The second-order valence-corrected chi connectivity index (χ2v) is 4.70. The number of rotatable bonds is 1. The van der Waals surface area contributed by atoms with Crippen LogP contribution in [0.5, 0.6) is 0 Å². The lowest BCUT2D eigenvalue weighted by atomic mass is 9.96. The molecule has 1 heteroatoms. The van der Waals surface area contributed by atoms with E-state index < -0.39 is 0 Å². The van der Waals surface area contributed by atoms with Crippen molar-refractivity contribution in [2.24, 2.45) is 4.99 Å². The van der Waals surface area contributed by atoms with E-state index in [4.69, 9.17) is 4.99 Å². The highest BCUT2D eigenvalue weighted by molar-refractivity contribution is 5.86. The maximum absolute atomic E-state index is 4.72. The number of aliphatic imine (C=N–C) groups is 1. The van der Waals surface area contributed by atoms with E-state index in [1.54, 1.807) is 0 Å². The Morgan fingerprint density at radius 2 is 1.82 bits per heavy atom. The van der Waals surface area contributed by atoms with Crippen molar-refractivity contribution in [3.05, 3.63) is 48.0 Å². The quantitative estimate of drug-likeness (QED) is 0.673. The first-order valence-corrected chi connectivity index (χ1v) is 6.44. The monoisotopic (exact) mass is 223 g/mol. The molecule has 1 nitrogen and oxygen atoms in total. The molecule has 0 fully saturated rings. The fourth-order valence-corrected chi connectivity index (χ4v) is 2.63. The first-order valence-electron chi connectivity index (χ1n) is 6.44. The van der Waals surface area contributed by atoms with E-state index in [0.29, 0.717) is 6.04 Å². The molecule has 17 heavy (non-hydrogen) atoms. The van der Waals surface area contributed by atoms with Gasteiger partial charge >= 0.3 is 0 Å². The Bertz CT molecular complexity index is 537. The zero-order valence-electron chi connectivity index (χ0n) is 9.97. The predicted octanol–water partition coefficient (Wildman–Crippen LogP) is 4.53. The van der Waals surface area contributed by atoms with Gasteiger partial charge in [0.2, 0.25) is 0 Å². The average molecular weight is 223 g/mol. The topological polar surface area (TPSA) is 12.4 Å². The van der Waals surface area contributed by atoms with Crippen molar-refractivity contribution in [3.8, 4) is 0 Å². The zero-order valence-corrected chi connectivity index (χ0v) is 9.97. The van der Waals surface area contributed by atoms with Crippen LogP contribution in [0.15, 0.2) is 47.5 Å². The van der Waals surface area contributed by atoms with Crippen LogP contribution >= 0.6 is 0 Å². The van der Waals surface area contributed by atoms with E-state index in [1.165, 1.54) is 35.6 Å². The second-order valence-electron chi connectivity index (χ2n) is 4.70. The molecule has 0 radical (unpaired) electrons. The van der Waals surface area contributed by atoms with E-state index in [9.17, 15) is 0 Å². The lowest BCUT2D eigenvalue weighted by Gasteiger charge is -2.13. The highest BCUT2D eigenvalue weighted by atomic mass is 14.8. The summed E-state index contributed by atoms with van der Waals surface area (Å²) in [5.74, 6) is 0. The van der Waals surface area contributed by atoms with Gasteiger partial charge in [0.05, 0.1) is 6.04 Å². The van der Waals surface area contributed by atoms with Crippen molar-refractivity contribution in [2.45, 2.75) is 31.7 Å². The van der Waals surface area contributed by atoms with Gasteiger partial charge in [0, 0.05) is 0 Å². The smallest absolute Gasteiger partial charge is 0.0751 e. The SMILES string of the molecule is C1=NC(c2cccc3ccccc23)CCCC1. The third-order valence-electron chi connectivity index (χ3n) is 3.53. The number of nitrogens with zero attached hydrogens (tertiary/aromatic N) is 1. The van der Waals surface area contributed by atoms with Gasteiger partial charge in [-0.05, 0) is 41.8 Å². The highest BCUT2D eigenvalue weighted by Gasteiger charge is 2.13. The van der Waals surface area contributed by atoms with Gasteiger partial charge in [-0.2, -0.15) is 0 Å². The minimum absolute atomic E-state index is 0.364. The summed E-state index contributed by atoms with van der Waals surface area (Å²) in [5.41, 5.74) is 1.39. The summed E-state index contributed by atoms with van der Waals surface area (Å²) in [6.45, 7) is 0. The van der Waals surface area contributed by atoms with E-state index in [2.05, 4.69) is 48.7 Å². The molecule has 0 N–H and O–H groups in total. The molecular weight excluding hydrogens is 206 g/mol. The van der Waals surface area contributed by atoms with E-state index in [1.807, 2.05) is 0 Å². The van der Waals surface area contributed by atoms with Gasteiger partial charge in [0.1, 0.15) is 0 Å². The zero-order chi connectivity index (χ0) is 11.5. The van der Waals surface area contributed by atoms with E-state index >= 15 is 0 Å². The van der Waals surface area contributed by atoms with Gasteiger partial charge in [-0.1, -0.05) is 48.9 Å². The Balaban J connectivity index is 2.09. The third-order valence-corrected chi connectivity index (χ3v) is 3.53. The summed E-state index contributed by atoms with van der Waals surface area (Å²) >= 11 is 0. The summed E-state index contributed by atoms with van der Waals surface area (Å²) in [6, 6.07) is 15.5. The molecule has 0 spiro atoms. The molecule has 0 aromatic heterocycles. The Morgan fingerprint density at radius 1 is 0.941 bits per heavy atom. The van der Waals surface area contributed by atoms with E-state index in [0.717, 1.165) is 6.42 Å². The number of hydrogen-bond donors (Lipinski definition) is 0. The van der Waals surface area contributed by atoms with Gasteiger partial charge in [0.25, 0.3) is 0 Å². The van der Waals surface area contributed by atoms with Crippen LogP contribution in [0, 0.1) is 0 Å². The minimum atomic E-state index is 0.364. The molecule has 1 atom stereocenters. The van der Waals surface area contributed by atoms with E-state index in [-0.39, 0.29) is 0 Å². The molecule has 86 valence electrons. The molecule has 2 aromatic rings. The van der Waals surface area contributed by atoms with Crippen LogP contribution in [0.2, 0.25) is 0 Å². The first kappa shape index (κ1) is 10.5. The van der Waals surface area contributed by atoms with Crippen molar-refractivity contribution in [2.75, 3.05) is 0 Å².